The zero-order chi connectivity index (χ0) is 11.3. The molecule has 2 atom stereocenters. The molecule has 0 spiro atoms. The third-order valence-electron chi connectivity index (χ3n) is 2.87. The van der Waals surface area contributed by atoms with Crippen LogP contribution in [-0.2, 0) is 4.79 Å². The first-order chi connectivity index (χ1) is 7.15. The molecule has 1 N–H and O–H groups in total. The SMILES string of the molecule is CC(CO)SCC(=O)N1CCCCC1C. The largest absolute Gasteiger partial charge is 0.395 e. The number of thioether (sulfide) groups is 1. The predicted molar refractivity (Wildman–Crippen MR) is 64.0 cm³/mol. The summed E-state index contributed by atoms with van der Waals surface area (Å²) < 4.78 is 0. The smallest absolute Gasteiger partial charge is 0.232 e. The van der Waals surface area contributed by atoms with Crippen LogP contribution in [0.25, 0.3) is 0 Å². The number of amides is 1. The lowest BCUT2D eigenvalue weighted by Crippen LogP contribution is -2.43. The van der Waals surface area contributed by atoms with Gasteiger partial charge < -0.3 is 10.0 Å². The Morgan fingerprint density at radius 2 is 2.33 bits per heavy atom. The van der Waals surface area contributed by atoms with E-state index in [2.05, 4.69) is 6.92 Å². The summed E-state index contributed by atoms with van der Waals surface area (Å²) in [5.41, 5.74) is 0. The van der Waals surface area contributed by atoms with Gasteiger partial charge in [-0.2, -0.15) is 0 Å². The summed E-state index contributed by atoms with van der Waals surface area (Å²) >= 11 is 1.54. The molecule has 1 heterocycles. The highest BCUT2D eigenvalue weighted by molar-refractivity contribution is 8.00. The predicted octanol–water partition coefficient (Wildman–Crippen LogP) is 1.50. The van der Waals surface area contributed by atoms with Crippen LogP contribution in [0.4, 0.5) is 0 Å². The number of piperidine rings is 1. The fourth-order valence-electron chi connectivity index (χ4n) is 1.82. The van der Waals surface area contributed by atoms with Gasteiger partial charge in [-0.1, -0.05) is 6.92 Å². The molecule has 1 aliphatic heterocycles. The zero-order valence-electron chi connectivity index (χ0n) is 9.61. The van der Waals surface area contributed by atoms with Crippen LogP contribution in [-0.4, -0.2) is 46.1 Å². The molecular weight excluding hydrogens is 210 g/mol. The molecule has 1 saturated heterocycles. The van der Waals surface area contributed by atoms with Crippen molar-refractivity contribution in [1.29, 1.82) is 0 Å². The number of nitrogens with zero attached hydrogens (tertiary/aromatic N) is 1. The van der Waals surface area contributed by atoms with E-state index in [1.165, 1.54) is 18.2 Å². The topological polar surface area (TPSA) is 40.5 Å². The molecule has 0 radical (unpaired) electrons. The van der Waals surface area contributed by atoms with E-state index in [0.717, 1.165) is 19.4 Å². The quantitative estimate of drug-likeness (QED) is 0.797. The molecule has 0 bridgehead atoms. The van der Waals surface area contributed by atoms with Crippen molar-refractivity contribution in [3.8, 4) is 0 Å². The van der Waals surface area contributed by atoms with Gasteiger partial charge in [0.2, 0.25) is 5.91 Å². The molecule has 0 aromatic heterocycles. The summed E-state index contributed by atoms with van der Waals surface area (Å²) in [5.74, 6) is 0.735. The molecular formula is C11H21NO2S. The summed E-state index contributed by atoms with van der Waals surface area (Å²) in [6.45, 7) is 5.12. The van der Waals surface area contributed by atoms with Crippen molar-refractivity contribution >= 4 is 17.7 Å². The van der Waals surface area contributed by atoms with Gasteiger partial charge in [0.25, 0.3) is 0 Å². The first-order valence-corrected chi connectivity index (χ1v) is 6.72. The Morgan fingerprint density at radius 3 is 2.93 bits per heavy atom. The van der Waals surface area contributed by atoms with Gasteiger partial charge in [-0.3, -0.25) is 4.79 Å². The molecule has 88 valence electrons. The number of carbonyl (C=O) groups is 1. The Labute approximate surface area is 96.2 Å². The average molecular weight is 231 g/mol. The lowest BCUT2D eigenvalue weighted by molar-refractivity contribution is -0.131. The Bertz CT molecular complexity index is 211. The van der Waals surface area contributed by atoms with Crippen LogP contribution in [0.3, 0.4) is 0 Å². The summed E-state index contributed by atoms with van der Waals surface area (Å²) in [4.78, 5) is 13.8. The highest BCUT2D eigenvalue weighted by Gasteiger charge is 2.23. The maximum atomic E-state index is 11.9. The number of rotatable bonds is 4. The van der Waals surface area contributed by atoms with E-state index < -0.39 is 0 Å². The fourth-order valence-corrected chi connectivity index (χ4v) is 2.52. The zero-order valence-corrected chi connectivity index (χ0v) is 10.4. The minimum atomic E-state index is 0.146. The van der Waals surface area contributed by atoms with Crippen molar-refractivity contribution in [3.63, 3.8) is 0 Å². The van der Waals surface area contributed by atoms with Crippen molar-refractivity contribution in [2.75, 3.05) is 18.9 Å². The van der Waals surface area contributed by atoms with Crippen molar-refractivity contribution in [1.82, 2.24) is 4.90 Å². The van der Waals surface area contributed by atoms with E-state index in [1.54, 1.807) is 0 Å². The van der Waals surface area contributed by atoms with E-state index in [4.69, 9.17) is 5.11 Å². The fraction of sp³-hybridized carbons (Fsp3) is 0.909. The Morgan fingerprint density at radius 1 is 1.60 bits per heavy atom. The summed E-state index contributed by atoms with van der Waals surface area (Å²) in [7, 11) is 0. The summed E-state index contributed by atoms with van der Waals surface area (Å²) in [6.07, 6.45) is 3.51. The lowest BCUT2D eigenvalue weighted by Gasteiger charge is -2.33. The average Bonchev–Trinajstić information content (AvgIpc) is 2.26. The van der Waals surface area contributed by atoms with Crippen molar-refractivity contribution in [2.45, 2.75) is 44.4 Å². The van der Waals surface area contributed by atoms with Gasteiger partial charge in [-0.05, 0) is 26.2 Å². The van der Waals surface area contributed by atoms with E-state index in [-0.39, 0.29) is 17.8 Å². The standard InChI is InChI=1S/C11H21NO2S/c1-9-5-3-4-6-12(9)11(14)8-15-10(2)7-13/h9-10,13H,3-8H2,1-2H3. The van der Waals surface area contributed by atoms with Gasteiger partial charge in [0.15, 0.2) is 0 Å². The van der Waals surface area contributed by atoms with Gasteiger partial charge in [0, 0.05) is 17.8 Å². The molecule has 1 rings (SSSR count). The lowest BCUT2D eigenvalue weighted by atomic mass is 10.0. The molecule has 0 aliphatic carbocycles. The Balaban J connectivity index is 2.32. The second-order valence-corrected chi connectivity index (χ2v) is 5.66. The van der Waals surface area contributed by atoms with Crippen LogP contribution in [0, 0.1) is 0 Å². The highest BCUT2D eigenvalue weighted by Crippen LogP contribution is 2.18. The summed E-state index contributed by atoms with van der Waals surface area (Å²) in [6, 6.07) is 0.399. The molecule has 15 heavy (non-hydrogen) atoms. The third-order valence-corrected chi connectivity index (χ3v) is 4.00. The van der Waals surface area contributed by atoms with E-state index in [0.29, 0.717) is 11.8 Å². The molecule has 0 aromatic carbocycles. The maximum absolute atomic E-state index is 11.9. The highest BCUT2D eigenvalue weighted by atomic mass is 32.2. The number of hydrogen-bond acceptors (Lipinski definition) is 3. The minimum Gasteiger partial charge on any atom is -0.395 e. The van der Waals surface area contributed by atoms with Crippen LogP contribution in [0.1, 0.15) is 33.1 Å². The number of aliphatic hydroxyl groups is 1. The van der Waals surface area contributed by atoms with Gasteiger partial charge >= 0.3 is 0 Å². The van der Waals surface area contributed by atoms with Gasteiger partial charge in [-0.25, -0.2) is 0 Å². The Kier molecular flexibility index (Phi) is 5.47. The van der Waals surface area contributed by atoms with Crippen molar-refractivity contribution in [3.05, 3.63) is 0 Å². The number of aliphatic hydroxyl groups excluding tert-OH is 1. The first kappa shape index (κ1) is 12.8. The van der Waals surface area contributed by atoms with Crippen molar-refractivity contribution < 1.29 is 9.90 Å². The monoisotopic (exact) mass is 231 g/mol. The van der Waals surface area contributed by atoms with Crippen LogP contribution in [0.2, 0.25) is 0 Å². The molecule has 0 saturated carbocycles. The minimum absolute atomic E-state index is 0.146. The van der Waals surface area contributed by atoms with E-state index in [9.17, 15) is 4.79 Å². The molecule has 1 fully saturated rings. The first-order valence-electron chi connectivity index (χ1n) is 5.67. The molecule has 2 unspecified atom stereocenters. The Hall–Kier alpha value is -0.220. The third kappa shape index (κ3) is 4.03. The van der Waals surface area contributed by atoms with Gasteiger partial charge in [0.05, 0.1) is 12.4 Å². The van der Waals surface area contributed by atoms with E-state index >= 15 is 0 Å². The van der Waals surface area contributed by atoms with Crippen LogP contribution >= 0.6 is 11.8 Å². The molecule has 1 amide bonds. The normalized spacial score (nSPS) is 23.9. The van der Waals surface area contributed by atoms with E-state index in [1.807, 2.05) is 11.8 Å². The molecule has 0 aromatic rings. The summed E-state index contributed by atoms with van der Waals surface area (Å²) in [5, 5.41) is 9.03. The maximum Gasteiger partial charge on any atom is 0.232 e. The second kappa shape index (κ2) is 6.38. The van der Waals surface area contributed by atoms with Crippen LogP contribution in [0.15, 0.2) is 0 Å². The van der Waals surface area contributed by atoms with Crippen LogP contribution in [0.5, 0.6) is 0 Å². The number of carbonyl (C=O) groups excluding carboxylic acids is 1. The van der Waals surface area contributed by atoms with Crippen LogP contribution < -0.4 is 0 Å². The molecule has 1 aliphatic rings. The number of hydrogen-bond donors (Lipinski definition) is 1. The molecule has 4 heteroatoms. The molecule has 3 nitrogen and oxygen atoms in total. The van der Waals surface area contributed by atoms with Crippen molar-refractivity contribution in [2.24, 2.45) is 0 Å². The second-order valence-electron chi connectivity index (χ2n) is 4.24. The van der Waals surface area contributed by atoms with Gasteiger partial charge in [-0.15, -0.1) is 11.8 Å². The number of likely N-dealkylation sites (tertiary alicyclic amines) is 1. The van der Waals surface area contributed by atoms with Gasteiger partial charge in [0.1, 0.15) is 0 Å².